The molecular weight excluding hydrogens is 198 g/mol. The lowest BCUT2D eigenvalue weighted by atomic mass is 10.2. The van der Waals surface area contributed by atoms with E-state index in [2.05, 4.69) is 28.8 Å². The molecule has 0 fully saturated rings. The summed E-state index contributed by atoms with van der Waals surface area (Å²) in [5.74, 6) is 0.822. The minimum absolute atomic E-state index is 0.822. The maximum absolute atomic E-state index is 4.22. The first-order chi connectivity index (χ1) is 7.81. The fourth-order valence-electron chi connectivity index (χ4n) is 1.30. The van der Waals surface area contributed by atoms with Gasteiger partial charge in [-0.1, -0.05) is 19.6 Å². The number of amidine groups is 1. The van der Waals surface area contributed by atoms with Crippen molar-refractivity contribution in [2.24, 2.45) is 4.99 Å². The largest absolute Gasteiger partial charge is 0.344 e. The summed E-state index contributed by atoms with van der Waals surface area (Å²) in [5.41, 5.74) is 2.06. The Morgan fingerprint density at radius 3 is 2.94 bits per heavy atom. The summed E-state index contributed by atoms with van der Waals surface area (Å²) < 4.78 is 0. The molecule has 1 heterocycles. The van der Waals surface area contributed by atoms with Crippen LogP contribution in [0.3, 0.4) is 0 Å². The number of aliphatic imine (C=N–C) groups is 1. The van der Waals surface area contributed by atoms with Gasteiger partial charge in [0.2, 0.25) is 0 Å². The van der Waals surface area contributed by atoms with Gasteiger partial charge in [-0.25, -0.2) is 0 Å². The van der Waals surface area contributed by atoms with Crippen molar-refractivity contribution in [3.05, 3.63) is 54.5 Å². The van der Waals surface area contributed by atoms with E-state index in [-0.39, 0.29) is 0 Å². The van der Waals surface area contributed by atoms with Crippen molar-refractivity contribution in [2.75, 3.05) is 7.05 Å². The highest BCUT2D eigenvalue weighted by Gasteiger charge is 2.02. The molecule has 1 aromatic rings. The van der Waals surface area contributed by atoms with Gasteiger partial charge >= 0.3 is 0 Å². The maximum Gasteiger partial charge on any atom is 0.133 e. The number of allylic oxidation sites excluding steroid dienone is 3. The van der Waals surface area contributed by atoms with E-state index in [1.165, 1.54) is 0 Å². The van der Waals surface area contributed by atoms with Gasteiger partial charge in [-0.3, -0.25) is 9.98 Å². The number of hydrogen-bond donors (Lipinski definition) is 1. The SMILES string of the molecule is C=C/C=C(\CC)NC(=NC)c1cccnc1. The monoisotopic (exact) mass is 215 g/mol. The zero-order valence-electron chi connectivity index (χ0n) is 9.77. The van der Waals surface area contributed by atoms with Crippen molar-refractivity contribution in [3.8, 4) is 0 Å². The van der Waals surface area contributed by atoms with Crippen molar-refractivity contribution in [1.82, 2.24) is 10.3 Å². The van der Waals surface area contributed by atoms with E-state index >= 15 is 0 Å². The molecule has 0 radical (unpaired) electrons. The predicted octanol–water partition coefficient (Wildman–Crippen LogP) is 2.53. The molecule has 1 N–H and O–H groups in total. The first-order valence-corrected chi connectivity index (χ1v) is 5.27. The number of pyridine rings is 1. The Morgan fingerprint density at radius 1 is 1.62 bits per heavy atom. The second kappa shape index (κ2) is 6.56. The Kier molecular flexibility index (Phi) is 4.99. The molecule has 0 aliphatic carbocycles. The van der Waals surface area contributed by atoms with E-state index in [0.29, 0.717) is 0 Å². The summed E-state index contributed by atoms with van der Waals surface area (Å²) in [6.07, 6.45) is 8.16. The molecule has 0 unspecified atom stereocenters. The van der Waals surface area contributed by atoms with Gasteiger partial charge < -0.3 is 5.32 Å². The third-order valence-corrected chi connectivity index (χ3v) is 2.14. The lowest BCUT2D eigenvalue weighted by Gasteiger charge is -2.10. The van der Waals surface area contributed by atoms with Gasteiger partial charge in [0.05, 0.1) is 0 Å². The summed E-state index contributed by atoms with van der Waals surface area (Å²) in [4.78, 5) is 8.29. The number of nitrogens with zero attached hydrogens (tertiary/aromatic N) is 2. The van der Waals surface area contributed by atoms with E-state index in [9.17, 15) is 0 Å². The van der Waals surface area contributed by atoms with Crippen LogP contribution < -0.4 is 5.32 Å². The summed E-state index contributed by atoms with van der Waals surface area (Å²) in [7, 11) is 1.76. The molecule has 0 spiro atoms. The third kappa shape index (κ3) is 3.35. The van der Waals surface area contributed by atoms with Crippen molar-refractivity contribution < 1.29 is 0 Å². The van der Waals surface area contributed by atoms with Crippen LogP contribution >= 0.6 is 0 Å². The first-order valence-electron chi connectivity index (χ1n) is 5.27. The van der Waals surface area contributed by atoms with Crippen LogP contribution in [-0.2, 0) is 0 Å². The number of rotatable bonds is 4. The van der Waals surface area contributed by atoms with Crippen molar-refractivity contribution in [1.29, 1.82) is 0 Å². The van der Waals surface area contributed by atoms with Gasteiger partial charge in [-0.2, -0.15) is 0 Å². The Morgan fingerprint density at radius 2 is 2.44 bits per heavy atom. The molecule has 1 rings (SSSR count). The average molecular weight is 215 g/mol. The van der Waals surface area contributed by atoms with E-state index < -0.39 is 0 Å². The van der Waals surface area contributed by atoms with Gasteiger partial charge in [0.25, 0.3) is 0 Å². The highest BCUT2D eigenvalue weighted by atomic mass is 15.0. The molecular formula is C13H17N3. The first kappa shape index (κ1) is 12.2. The second-order valence-corrected chi connectivity index (χ2v) is 3.22. The van der Waals surface area contributed by atoms with Crippen LogP contribution in [0.1, 0.15) is 18.9 Å². The average Bonchev–Trinajstić information content (AvgIpc) is 2.35. The lowest BCUT2D eigenvalue weighted by molar-refractivity contribution is 0.973. The second-order valence-electron chi connectivity index (χ2n) is 3.22. The van der Waals surface area contributed by atoms with Crippen molar-refractivity contribution in [3.63, 3.8) is 0 Å². The molecule has 0 amide bonds. The van der Waals surface area contributed by atoms with Crippen LogP contribution in [0.15, 0.2) is 53.9 Å². The van der Waals surface area contributed by atoms with Crippen LogP contribution in [-0.4, -0.2) is 17.9 Å². The van der Waals surface area contributed by atoms with E-state index in [1.54, 1.807) is 25.5 Å². The van der Waals surface area contributed by atoms with Crippen molar-refractivity contribution in [2.45, 2.75) is 13.3 Å². The Bertz CT molecular complexity index is 391. The topological polar surface area (TPSA) is 37.3 Å². The summed E-state index contributed by atoms with van der Waals surface area (Å²) in [6, 6.07) is 3.87. The van der Waals surface area contributed by atoms with Gasteiger partial charge in [0, 0.05) is 30.7 Å². The zero-order chi connectivity index (χ0) is 11.8. The fourth-order valence-corrected chi connectivity index (χ4v) is 1.30. The maximum atomic E-state index is 4.22. The molecule has 16 heavy (non-hydrogen) atoms. The van der Waals surface area contributed by atoms with Gasteiger partial charge in [-0.05, 0) is 24.6 Å². The molecule has 0 saturated heterocycles. The molecule has 0 aliphatic rings. The molecule has 0 atom stereocenters. The van der Waals surface area contributed by atoms with Crippen LogP contribution in [0, 0.1) is 0 Å². The minimum atomic E-state index is 0.822. The molecule has 0 bridgehead atoms. The standard InChI is InChI=1S/C13H17N3/c1-4-7-12(5-2)16-13(14-3)11-8-6-9-15-10-11/h4,6-10H,1,5H2,2-3H3,(H,14,16)/b12-7+. The number of hydrogen-bond acceptors (Lipinski definition) is 2. The number of aromatic nitrogens is 1. The predicted molar refractivity (Wildman–Crippen MR) is 68.4 cm³/mol. The fraction of sp³-hybridized carbons (Fsp3) is 0.231. The Hall–Kier alpha value is -1.90. The van der Waals surface area contributed by atoms with Crippen LogP contribution in [0.2, 0.25) is 0 Å². The van der Waals surface area contributed by atoms with E-state index in [1.807, 2.05) is 18.2 Å². The summed E-state index contributed by atoms with van der Waals surface area (Å²) in [6.45, 7) is 5.77. The van der Waals surface area contributed by atoms with Crippen molar-refractivity contribution >= 4 is 5.84 Å². The van der Waals surface area contributed by atoms with Crippen LogP contribution in [0.25, 0.3) is 0 Å². The summed E-state index contributed by atoms with van der Waals surface area (Å²) in [5, 5.41) is 3.27. The molecule has 1 aromatic heterocycles. The smallest absolute Gasteiger partial charge is 0.133 e. The molecule has 0 aromatic carbocycles. The molecule has 84 valence electrons. The minimum Gasteiger partial charge on any atom is -0.344 e. The molecule has 0 aliphatic heterocycles. The molecule has 3 nitrogen and oxygen atoms in total. The summed E-state index contributed by atoms with van der Waals surface area (Å²) >= 11 is 0. The van der Waals surface area contributed by atoms with E-state index in [0.717, 1.165) is 23.5 Å². The highest BCUT2D eigenvalue weighted by Crippen LogP contribution is 2.02. The van der Waals surface area contributed by atoms with Crippen LogP contribution in [0.5, 0.6) is 0 Å². The van der Waals surface area contributed by atoms with Crippen LogP contribution in [0.4, 0.5) is 0 Å². The Balaban J connectivity index is 2.86. The normalized spacial score (nSPS) is 12.4. The quantitative estimate of drug-likeness (QED) is 0.476. The van der Waals surface area contributed by atoms with Gasteiger partial charge in [0.15, 0.2) is 0 Å². The van der Waals surface area contributed by atoms with E-state index in [4.69, 9.17) is 0 Å². The molecule has 0 saturated carbocycles. The van der Waals surface area contributed by atoms with Gasteiger partial charge in [0.1, 0.15) is 5.84 Å². The number of nitrogens with one attached hydrogen (secondary N) is 1. The highest BCUT2D eigenvalue weighted by molar-refractivity contribution is 5.99. The molecule has 3 heteroatoms. The lowest BCUT2D eigenvalue weighted by Crippen LogP contribution is -2.23. The van der Waals surface area contributed by atoms with Gasteiger partial charge in [-0.15, -0.1) is 0 Å². The third-order valence-electron chi connectivity index (χ3n) is 2.14. The Labute approximate surface area is 96.6 Å². The zero-order valence-corrected chi connectivity index (χ0v) is 9.77.